The number of benzene rings is 3. The van der Waals surface area contributed by atoms with E-state index in [0.717, 1.165) is 17.0 Å². The third kappa shape index (κ3) is 6.29. The van der Waals surface area contributed by atoms with Gasteiger partial charge in [0.1, 0.15) is 23.6 Å². The highest BCUT2D eigenvalue weighted by Crippen LogP contribution is 2.39. The second-order valence-corrected chi connectivity index (χ2v) is 10.3. The molecule has 0 saturated carbocycles. The Kier molecular flexibility index (Phi) is 8.72. The Labute approximate surface area is 240 Å². The fraction of sp³-hybridized carbons (Fsp3) is 0.344. The minimum absolute atomic E-state index is 0.0244. The summed E-state index contributed by atoms with van der Waals surface area (Å²) in [6.07, 6.45) is 1.58. The highest BCUT2D eigenvalue weighted by molar-refractivity contribution is 5.96. The Hall–Kier alpha value is -4.53. The van der Waals surface area contributed by atoms with Crippen molar-refractivity contribution in [2.45, 2.75) is 24.8 Å². The van der Waals surface area contributed by atoms with Gasteiger partial charge in [0.05, 0.1) is 13.8 Å². The number of likely N-dealkylation sites (tertiary alicyclic amines) is 1. The van der Waals surface area contributed by atoms with Crippen LogP contribution in [0, 0.1) is 0 Å². The van der Waals surface area contributed by atoms with Gasteiger partial charge in [0, 0.05) is 25.3 Å². The van der Waals surface area contributed by atoms with Gasteiger partial charge in [-0.3, -0.25) is 14.4 Å². The van der Waals surface area contributed by atoms with Crippen LogP contribution in [0.5, 0.6) is 11.5 Å². The summed E-state index contributed by atoms with van der Waals surface area (Å²) in [6, 6.07) is 26.8. The normalized spacial score (nSPS) is 16.1. The molecular formula is C32H36N4O5. The van der Waals surface area contributed by atoms with Crippen LogP contribution in [0.4, 0.5) is 5.69 Å². The highest BCUT2D eigenvalue weighted by atomic mass is 16.5. The zero-order chi connectivity index (χ0) is 28.7. The molecule has 0 aliphatic carbocycles. The molecule has 3 amide bonds. The first kappa shape index (κ1) is 28.0. The van der Waals surface area contributed by atoms with Crippen LogP contribution >= 0.6 is 0 Å². The number of nitrogens with one attached hydrogen (secondary N) is 1. The molecule has 2 aliphatic heterocycles. The molecule has 5 rings (SSSR count). The Bertz CT molecular complexity index is 1340. The van der Waals surface area contributed by atoms with Gasteiger partial charge in [-0.25, -0.2) is 0 Å². The number of para-hydroxylation sites is 3. The number of carbonyl (C=O) groups excluding carboxylic acids is 3. The highest BCUT2D eigenvalue weighted by Gasteiger charge is 2.54. The van der Waals surface area contributed by atoms with Crippen LogP contribution in [0.1, 0.15) is 18.4 Å². The number of piperidine rings is 1. The average molecular weight is 557 g/mol. The number of ether oxygens (including phenoxy) is 2. The lowest BCUT2D eigenvalue weighted by Gasteiger charge is -2.43. The fourth-order valence-electron chi connectivity index (χ4n) is 5.68. The van der Waals surface area contributed by atoms with Crippen molar-refractivity contribution in [2.75, 3.05) is 51.5 Å². The number of carbonyl (C=O) groups is 3. The molecule has 1 spiro atoms. The van der Waals surface area contributed by atoms with Crippen LogP contribution in [-0.4, -0.2) is 79.6 Å². The summed E-state index contributed by atoms with van der Waals surface area (Å²) in [5.74, 6) is 1.05. The van der Waals surface area contributed by atoms with Gasteiger partial charge in [0.2, 0.25) is 5.91 Å². The van der Waals surface area contributed by atoms with Crippen molar-refractivity contribution in [3.05, 3.63) is 90.5 Å². The van der Waals surface area contributed by atoms with E-state index in [1.807, 2.05) is 84.9 Å². The van der Waals surface area contributed by atoms with E-state index in [1.165, 1.54) is 0 Å². The van der Waals surface area contributed by atoms with Crippen LogP contribution < -0.4 is 19.7 Å². The molecule has 0 unspecified atom stereocenters. The maximum absolute atomic E-state index is 13.9. The van der Waals surface area contributed by atoms with E-state index in [-0.39, 0.29) is 30.9 Å². The Morgan fingerprint density at radius 2 is 1.56 bits per heavy atom. The fourth-order valence-corrected chi connectivity index (χ4v) is 5.68. The molecule has 3 aromatic carbocycles. The Morgan fingerprint density at radius 3 is 2.27 bits per heavy atom. The van der Waals surface area contributed by atoms with E-state index in [9.17, 15) is 14.4 Å². The Morgan fingerprint density at radius 1 is 0.902 bits per heavy atom. The van der Waals surface area contributed by atoms with E-state index in [2.05, 4.69) is 10.2 Å². The summed E-state index contributed by atoms with van der Waals surface area (Å²) in [6.45, 7) is 1.55. The molecule has 2 saturated heterocycles. The summed E-state index contributed by atoms with van der Waals surface area (Å²) in [7, 11) is 1.63. The van der Waals surface area contributed by atoms with E-state index < -0.39 is 5.54 Å². The molecule has 1 N–H and O–H groups in total. The number of anilines is 1. The smallest absolute Gasteiger partial charge is 0.260 e. The minimum atomic E-state index is -0.809. The zero-order valence-electron chi connectivity index (χ0n) is 23.3. The van der Waals surface area contributed by atoms with Crippen molar-refractivity contribution in [3.63, 3.8) is 0 Å². The van der Waals surface area contributed by atoms with Gasteiger partial charge >= 0.3 is 0 Å². The molecule has 0 radical (unpaired) electrons. The standard InChI is InChI=1S/C32H36N4O5/c1-40-28-15-9-8-10-25(28)16-19-33-29(37)22-35-24-36(26-11-4-2-5-12-26)32(31(35)39)17-20-34(21-18-32)30(38)23-41-27-13-6-3-7-14-27/h2-15H,16-24H2,1H3,(H,33,37). The number of hydrogen-bond donors (Lipinski definition) is 1. The lowest BCUT2D eigenvalue weighted by atomic mass is 9.85. The lowest BCUT2D eigenvalue weighted by Crippen LogP contribution is -2.58. The minimum Gasteiger partial charge on any atom is -0.496 e. The molecule has 0 aromatic heterocycles. The number of nitrogens with zero attached hydrogens (tertiary/aromatic N) is 3. The topological polar surface area (TPSA) is 91.4 Å². The van der Waals surface area contributed by atoms with E-state index in [0.29, 0.717) is 51.3 Å². The van der Waals surface area contributed by atoms with Crippen molar-refractivity contribution in [3.8, 4) is 11.5 Å². The van der Waals surface area contributed by atoms with Crippen LogP contribution in [-0.2, 0) is 20.8 Å². The summed E-state index contributed by atoms with van der Waals surface area (Å²) >= 11 is 0. The monoisotopic (exact) mass is 556 g/mol. The summed E-state index contributed by atoms with van der Waals surface area (Å²) in [5, 5.41) is 2.95. The second-order valence-electron chi connectivity index (χ2n) is 10.3. The van der Waals surface area contributed by atoms with E-state index in [1.54, 1.807) is 16.9 Å². The predicted molar refractivity (Wildman–Crippen MR) is 156 cm³/mol. The Balaban J connectivity index is 1.21. The van der Waals surface area contributed by atoms with Crippen LogP contribution in [0.2, 0.25) is 0 Å². The summed E-state index contributed by atoms with van der Waals surface area (Å²) < 4.78 is 11.1. The lowest BCUT2D eigenvalue weighted by molar-refractivity contribution is -0.140. The van der Waals surface area contributed by atoms with Gasteiger partial charge in [-0.1, -0.05) is 54.6 Å². The van der Waals surface area contributed by atoms with Crippen LogP contribution in [0.15, 0.2) is 84.9 Å². The van der Waals surface area contributed by atoms with Crippen molar-refractivity contribution < 1.29 is 23.9 Å². The van der Waals surface area contributed by atoms with E-state index in [4.69, 9.17) is 9.47 Å². The van der Waals surface area contributed by atoms with Gasteiger partial charge in [-0.15, -0.1) is 0 Å². The summed E-state index contributed by atoms with van der Waals surface area (Å²) in [5.41, 5.74) is 1.13. The van der Waals surface area contributed by atoms with Gasteiger partial charge in [-0.2, -0.15) is 0 Å². The largest absolute Gasteiger partial charge is 0.496 e. The second kappa shape index (κ2) is 12.8. The van der Waals surface area contributed by atoms with Gasteiger partial charge < -0.3 is 29.5 Å². The predicted octanol–water partition coefficient (Wildman–Crippen LogP) is 3.10. The first-order valence-electron chi connectivity index (χ1n) is 14.0. The number of methoxy groups -OCH3 is 1. The maximum Gasteiger partial charge on any atom is 0.260 e. The van der Waals surface area contributed by atoms with Crippen molar-refractivity contribution in [1.29, 1.82) is 0 Å². The third-order valence-corrected chi connectivity index (χ3v) is 7.87. The molecule has 9 heteroatoms. The first-order valence-corrected chi connectivity index (χ1v) is 14.0. The van der Waals surface area contributed by atoms with E-state index >= 15 is 0 Å². The molecule has 2 heterocycles. The van der Waals surface area contributed by atoms with Crippen molar-refractivity contribution >= 4 is 23.4 Å². The third-order valence-electron chi connectivity index (χ3n) is 7.87. The molecule has 41 heavy (non-hydrogen) atoms. The molecular weight excluding hydrogens is 520 g/mol. The number of rotatable bonds is 10. The van der Waals surface area contributed by atoms with Gasteiger partial charge in [0.25, 0.3) is 11.8 Å². The molecule has 2 fully saturated rings. The van der Waals surface area contributed by atoms with Crippen molar-refractivity contribution in [2.24, 2.45) is 0 Å². The SMILES string of the molecule is COc1ccccc1CCNC(=O)CN1CN(c2ccccc2)C2(CCN(C(=O)COc3ccccc3)CC2)C1=O. The molecule has 9 nitrogen and oxygen atoms in total. The molecule has 3 aromatic rings. The van der Waals surface area contributed by atoms with Gasteiger partial charge in [-0.05, 0) is 55.2 Å². The quantitative estimate of drug-likeness (QED) is 0.413. The van der Waals surface area contributed by atoms with Gasteiger partial charge in [0.15, 0.2) is 6.61 Å². The molecule has 2 aliphatic rings. The summed E-state index contributed by atoms with van der Waals surface area (Å²) in [4.78, 5) is 45.2. The average Bonchev–Trinajstić information content (AvgIpc) is 3.27. The number of hydrogen-bond acceptors (Lipinski definition) is 6. The number of amides is 3. The van der Waals surface area contributed by atoms with Crippen LogP contribution in [0.3, 0.4) is 0 Å². The molecule has 0 bridgehead atoms. The maximum atomic E-state index is 13.9. The zero-order valence-corrected chi connectivity index (χ0v) is 23.3. The molecule has 0 atom stereocenters. The molecule has 214 valence electrons. The first-order chi connectivity index (χ1) is 20.0. The van der Waals surface area contributed by atoms with Crippen molar-refractivity contribution in [1.82, 2.24) is 15.1 Å². The van der Waals surface area contributed by atoms with Crippen LogP contribution in [0.25, 0.3) is 0 Å².